The first-order valence-electron chi connectivity index (χ1n) is 7.37. The lowest BCUT2D eigenvalue weighted by molar-refractivity contribution is 0.911. The zero-order valence-corrected chi connectivity index (χ0v) is 12.3. The van der Waals surface area contributed by atoms with Crippen molar-refractivity contribution in [1.29, 1.82) is 0 Å². The first-order valence-corrected chi connectivity index (χ1v) is 7.37. The molecular formula is C17H18N4. The van der Waals surface area contributed by atoms with Crippen LogP contribution in [0.4, 0.5) is 5.82 Å². The summed E-state index contributed by atoms with van der Waals surface area (Å²) in [5.74, 6) is 0.556. The average molecular weight is 278 g/mol. The van der Waals surface area contributed by atoms with E-state index in [1.807, 2.05) is 0 Å². The van der Waals surface area contributed by atoms with E-state index in [-0.39, 0.29) is 0 Å². The minimum absolute atomic E-state index is 0.556. The Balaban J connectivity index is 2.03. The molecule has 1 aliphatic carbocycles. The molecular weight excluding hydrogens is 260 g/mol. The second-order valence-electron chi connectivity index (χ2n) is 5.81. The average Bonchev–Trinajstić information content (AvgIpc) is 3.03. The molecule has 1 aliphatic rings. The normalized spacial score (nSPS) is 13.8. The van der Waals surface area contributed by atoms with Gasteiger partial charge in [-0.05, 0) is 61.9 Å². The Labute approximate surface area is 123 Å². The first kappa shape index (κ1) is 12.4. The number of fused-ring (bicyclic) bond motifs is 2. The number of rotatable bonds is 1. The van der Waals surface area contributed by atoms with Gasteiger partial charge < -0.3 is 5.73 Å². The molecule has 2 heterocycles. The lowest BCUT2D eigenvalue weighted by atomic mass is 10.1. The van der Waals surface area contributed by atoms with Crippen LogP contribution in [-0.4, -0.2) is 14.5 Å². The molecule has 0 unspecified atom stereocenters. The van der Waals surface area contributed by atoms with Gasteiger partial charge in [-0.25, -0.2) is 9.97 Å². The molecule has 3 aromatic rings. The summed E-state index contributed by atoms with van der Waals surface area (Å²) < 4.78 is 2.20. The van der Waals surface area contributed by atoms with Gasteiger partial charge in [0.25, 0.3) is 0 Å². The minimum atomic E-state index is 0.556. The molecule has 0 fully saturated rings. The minimum Gasteiger partial charge on any atom is -0.383 e. The van der Waals surface area contributed by atoms with E-state index in [9.17, 15) is 0 Å². The van der Waals surface area contributed by atoms with E-state index >= 15 is 0 Å². The zero-order valence-electron chi connectivity index (χ0n) is 12.3. The molecule has 4 nitrogen and oxygen atoms in total. The van der Waals surface area contributed by atoms with Crippen LogP contribution >= 0.6 is 0 Å². The topological polar surface area (TPSA) is 56.7 Å². The number of aromatic nitrogens is 3. The molecule has 4 heteroatoms. The molecule has 0 spiro atoms. The Bertz CT molecular complexity index is 861. The number of hydrogen-bond acceptors (Lipinski definition) is 3. The predicted molar refractivity (Wildman–Crippen MR) is 84.8 cm³/mol. The fraction of sp³-hybridized carbons (Fsp3) is 0.294. The summed E-state index contributed by atoms with van der Waals surface area (Å²) in [4.78, 5) is 8.59. The van der Waals surface area contributed by atoms with Crippen LogP contribution in [0.3, 0.4) is 0 Å². The molecule has 2 aromatic heterocycles. The summed E-state index contributed by atoms with van der Waals surface area (Å²) in [6, 6.07) is 6.74. The maximum absolute atomic E-state index is 6.04. The lowest BCUT2D eigenvalue weighted by Crippen LogP contribution is -2.00. The van der Waals surface area contributed by atoms with Gasteiger partial charge in [0.15, 0.2) is 5.65 Å². The van der Waals surface area contributed by atoms with Crippen LogP contribution in [0.2, 0.25) is 0 Å². The lowest BCUT2D eigenvalue weighted by Gasteiger charge is -2.10. The fourth-order valence-corrected chi connectivity index (χ4v) is 3.44. The molecule has 21 heavy (non-hydrogen) atoms. The van der Waals surface area contributed by atoms with Crippen LogP contribution in [0.15, 0.2) is 24.5 Å². The van der Waals surface area contributed by atoms with E-state index in [0.717, 1.165) is 16.6 Å². The van der Waals surface area contributed by atoms with Gasteiger partial charge in [0.1, 0.15) is 12.1 Å². The number of hydrogen-bond donors (Lipinski definition) is 1. The quantitative estimate of drug-likeness (QED) is 0.744. The standard InChI is InChI=1S/C17H18N4/c1-10-11(2)21(17-15(10)16(18)19-9-20-17)14-7-6-12-4-3-5-13(12)8-14/h6-9H,3-5H2,1-2H3,(H2,18,19,20). The van der Waals surface area contributed by atoms with E-state index in [4.69, 9.17) is 5.73 Å². The number of nitrogens with two attached hydrogens (primary N) is 1. The number of benzene rings is 1. The Morgan fingerprint density at radius 1 is 1.10 bits per heavy atom. The molecule has 0 bridgehead atoms. The third kappa shape index (κ3) is 1.68. The predicted octanol–water partition coefficient (Wildman–Crippen LogP) is 3.11. The second kappa shape index (κ2) is 4.32. The van der Waals surface area contributed by atoms with E-state index in [1.165, 1.54) is 41.8 Å². The molecule has 2 N–H and O–H groups in total. The number of aryl methyl sites for hydroxylation is 3. The highest BCUT2D eigenvalue weighted by Gasteiger charge is 2.18. The van der Waals surface area contributed by atoms with E-state index in [2.05, 4.69) is 46.6 Å². The van der Waals surface area contributed by atoms with Crippen LogP contribution < -0.4 is 5.73 Å². The highest BCUT2D eigenvalue weighted by atomic mass is 15.1. The maximum Gasteiger partial charge on any atom is 0.150 e. The summed E-state index contributed by atoms with van der Waals surface area (Å²) in [5.41, 5.74) is 13.4. The molecule has 0 saturated carbocycles. The molecule has 0 aliphatic heterocycles. The summed E-state index contributed by atoms with van der Waals surface area (Å²) in [6.07, 6.45) is 5.19. The molecule has 0 saturated heterocycles. The van der Waals surface area contributed by atoms with Crippen LogP contribution in [-0.2, 0) is 12.8 Å². The van der Waals surface area contributed by atoms with Crippen molar-refractivity contribution in [2.75, 3.05) is 5.73 Å². The van der Waals surface area contributed by atoms with Gasteiger partial charge in [-0.1, -0.05) is 6.07 Å². The van der Waals surface area contributed by atoms with Crippen molar-refractivity contribution in [1.82, 2.24) is 14.5 Å². The fourth-order valence-electron chi connectivity index (χ4n) is 3.44. The first-order chi connectivity index (χ1) is 10.2. The van der Waals surface area contributed by atoms with Crippen LogP contribution in [0.1, 0.15) is 28.8 Å². The van der Waals surface area contributed by atoms with Crippen molar-refractivity contribution in [2.24, 2.45) is 0 Å². The Morgan fingerprint density at radius 2 is 1.90 bits per heavy atom. The molecule has 0 atom stereocenters. The molecule has 4 rings (SSSR count). The van der Waals surface area contributed by atoms with Crippen molar-refractivity contribution in [3.05, 3.63) is 46.9 Å². The van der Waals surface area contributed by atoms with Crippen molar-refractivity contribution in [3.8, 4) is 5.69 Å². The van der Waals surface area contributed by atoms with Gasteiger partial charge >= 0.3 is 0 Å². The van der Waals surface area contributed by atoms with Gasteiger partial charge in [-0.3, -0.25) is 4.57 Å². The highest BCUT2D eigenvalue weighted by Crippen LogP contribution is 2.31. The van der Waals surface area contributed by atoms with Crippen LogP contribution in [0, 0.1) is 13.8 Å². The van der Waals surface area contributed by atoms with Gasteiger partial charge in [0.2, 0.25) is 0 Å². The van der Waals surface area contributed by atoms with Gasteiger partial charge in [0.05, 0.1) is 5.39 Å². The second-order valence-corrected chi connectivity index (χ2v) is 5.81. The van der Waals surface area contributed by atoms with Gasteiger partial charge in [0, 0.05) is 11.4 Å². The molecule has 0 amide bonds. The van der Waals surface area contributed by atoms with Crippen molar-refractivity contribution in [3.63, 3.8) is 0 Å². The highest BCUT2D eigenvalue weighted by molar-refractivity contribution is 5.92. The Kier molecular flexibility index (Phi) is 2.55. The Morgan fingerprint density at radius 3 is 2.76 bits per heavy atom. The summed E-state index contributed by atoms with van der Waals surface area (Å²) in [7, 11) is 0. The van der Waals surface area contributed by atoms with Crippen molar-refractivity contribution in [2.45, 2.75) is 33.1 Å². The van der Waals surface area contributed by atoms with E-state index in [1.54, 1.807) is 6.33 Å². The SMILES string of the molecule is Cc1c(C)n(-c2ccc3c(c2)CCC3)c2ncnc(N)c12. The smallest absolute Gasteiger partial charge is 0.150 e. The number of nitrogen functional groups attached to an aromatic ring is 1. The monoisotopic (exact) mass is 278 g/mol. The van der Waals surface area contributed by atoms with E-state index < -0.39 is 0 Å². The van der Waals surface area contributed by atoms with Gasteiger partial charge in [-0.2, -0.15) is 0 Å². The molecule has 1 aromatic carbocycles. The van der Waals surface area contributed by atoms with E-state index in [0.29, 0.717) is 5.82 Å². The van der Waals surface area contributed by atoms with Gasteiger partial charge in [-0.15, -0.1) is 0 Å². The Hall–Kier alpha value is -2.36. The van der Waals surface area contributed by atoms with Crippen molar-refractivity contribution >= 4 is 16.9 Å². The molecule has 106 valence electrons. The largest absolute Gasteiger partial charge is 0.383 e. The third-order valence-corrected chi connectivity index (χ3v) is 4.66. The molecule has 0 radical (unpaired) electrons. The van der Waals surface area contributed by atoms with Crippen LogP contribution in [0.25, 0.3) is 16.7 Å². The zero-order chi connectivity index (χ0) is 14.6. The van der Waals surface area contributed by atoms with Crippen LogP contribution in [0.5, 0.6) is 0 Å². The number of anilines is 1. The van der Waals surface area contributed by atoms with Crippen molar-refractivity contribution < 1.29 is 0 Å². The summed E-state index contributed by atoms with van der Waals surface area (Å²) in [5, 5.41) is 0.968. The third-order valence-electron chi connectivity index (χ3n) is 4.66. The maximum atomic E-state index is 6.04. The number of nitrogens with zero attached hydrogens (tertiary/aromatic N) is 3. The summed E-state index contributed by atoms with van der Waals surface area (Å²) in [6.45, 7) is 4.20. The summed E-state index contributed by atoms with van der Waals surface area (Å²) >= 11 is 0.